The van der Waals surface area contributed by atoms with Crippen molar-refractivity contribution in [1.82, 2.24) is 4.98 Å². The lowest BCUT2D eigenvalue weighted by molar-refractivity contribution is 0.112. The summed E-state index contributed by atoms with van der Waals surface area (Å²) in [6.45, 7) is 0. The van der Waals surface area contributed by atoms with Crippen LogP contribution in [0.15, 0.2) is 6.07 Å². The van der Waals surface area contributed by atoms with Gasteiger partial charge >= 0.3 is 0 Å². The van der Waals surface area contributed by atoms with Crippen LogP contribution < -0.4 is 10.5 Å². The molecule has 0 atom stereocenters. The van der Waals surface area contributed by atoms with Crippen molar-refractivity contribution in [3.05, 3.63) is 17.3 Å². The van der Waals surface area contributed by atoms with E-state index in [4.69, 9.17) is 5.73 Å². The topological polar surface area (TPSA) is 65.2 Å². The Bertz CT molecular complexity index is 355. The zero-order valence-electron chi connectivity index (χ0n) is 7.33. The van der Waals surface area contributed by atoms with Crippen molar-refractivity contribution in [1.29, 1.82) is 0 Å². The van der Waals surface area contributed by atoms with Crippen LogP contribution in [0.25, 0.3) is 0 Å². The van der Waals surface area contributed by atoms with E-state index in [1.54, 1.807) is 0 Å². The maximum absolute atomic E-state index is 12.3. The van der Waals surface area contributed by atoms with E-state index in [2.05, 4.69) is 9.72 Å². The Labute approximate surface area is 78.7 Å². The molecular formula is C8H8F2N2O2. The number of aromatic nitrogens is 1. The molecule has 2 N–H and O–H groups in total. The number of carbonyl (C=O) groups is 1. The second-order valence-corrected chi connectivity index (χ2v) is 2.48. The Morgan fingerprint density at radius 1 is 1.64 bits per heavy atom. The van der Waals surface area contributed by atoms with Gasteiger partial charge in [0.1, 0.15) is 11.4 Å². The van der Waals surface area contributed by atoms with Crippen LogP contribution in [0.3, 0.4) is 0 Å². The van der Waals surface area contributed by atoms with Crippen molar-refractivity contribution in [2.45, 2.75) is 6.43 Å². The molecule has 0 bridgehead atoms. The summed E-state index contributed by atoms with van der Waals surface area (Å²) in [5.41, 5.74) is 4.80. The first-order valence-electron chi connectivity index (χ1n) is 3.68. The van der Waals surface area contributed by atoms with Crippen molar-refractivity contribution < 1.29 is 18.3 Å². The van der Waals surface area contributed by atoms with Crippen molar-refractivity contribution in [2.75, 3.05) is 12.8 Å². The van der Waals surface area contributed by atoms with Gasteiger partial charge in [-0.3, -0.25) is 4.79 Å². The third kappa shape index (κ3) is 1.78. The van der Waals surface area contributed by atoms with E-state index in [0.29, 0.717) is 6.29 Å². The molecule has 1 rings (SSSR count). The normalized spacial score (nSPS) is 10.3. The number of aldehydes is 1. The van der Waals surface area contributed by atoms with Crippen LogP contribution in [-0.2, 0) is 0 Å². The van der Waals surface area contributed by atoms with Crippen molar-refractivity contribution in [2.24, 2.45) is 0 Å². The van der Waals surface area contributed by atoms with Crippen molar-refractivity contribution >= 4 is 12.0 Å². The minimum absolute atomic E-state index is 0.0353. The van der Waals surface area contributed by atoms with Gasteiger partial charge in [0.15, 0.2) is 6.29 Å². The molecule has 0 unspecified atom stereocenters. The minimum Gasteiger partial charge on any atom is -0.480 e. The Morgan fingerprint density at radius 2 is 2.29 bits per heavy atom. The fourth-order valence-electron chi connectivity index (χ4n) is 0.935. The largest absolute Gasteiger partial charge is 0.480 e. The first-order valence-corrected chi connectivity index (χ1v) is 3.68. The van der Waals surface area contributed by atoms with Gasteiger partial charge < -0.3 is 10.5 Å². The fraction of sp³-hybridized carbons (Fsp3) is 0.250. The molecule has 0 spiro atoms. The van der Waals surface area contributed by atoms with Gasteiger partial charge in [-0.25, -0.2) is 13.8 Å². The zero-order chi connectivity index (χ0) is 10.7. The van der Waals surface area contributed by atoms with Gasteiger partial charge in [-0.15, -0.1) is 0 Å². The summed E-state index contributed by atoms with van der Waals surface area (Å²) in [5.74, 6) is -0.162. The molecule has 0 fully saturated rings. The number of ether oxygens (including phenoxy) is 1. The molecule has 6 heteroatoms. The molecule has 1 aromatic rings. The van der Waals surface area contributed by atoms with Crippen molar-refractivity contribution in [3.63, 3.8) is 0 Å². The maximum atomic E-state index is 12.3. The average Bonchev–Trinajstić information content (AvgIpc) is 2.17. The van der Waals surface area contributed by atoms with Gasteiger partial charge in [0.2, 0.25) is 5.88 Å². The maximum Gasteiger partial charge on any atom is 0.280 e. The Balaban J connectivity index is 3.31. The smallest absolute Gasteiger partial charge is 0.280 e. The predicted molar refractivity (Wildman–Crippen MR) is 45.5 cm³/mol. The monoisotopic (exact) mass is 202 g/mol. The second kappa shape index (κ2) is 3.99. The number of alkyl halides is 2. The minimum atomic E-state index is -2.76. The number of nitrogens with two attached hydrogens (primary N) is 1. The third-order valence-electron chi connectivity index (χ3n) is 1.62. The zero-order valence-corrected chi connectivity index (χ0v) is 7.33. The standard InChI is InChI=1S/C8H8F2N2O2/c1-14-8-6(11)4(3-13)2-5(12-8)7(9)10/h2-3,7H,11H2,1H3. The highest BCUT2D eigenvalue weighted by molar-refractivity contribution is 5.85. The molecule has 4 nitrogen and oxygen atoms in total. The molecule has 76 valence electrons. The molecule has 0 radical (unpaired) electrons. The van der Waals surface area contributed by atoms with E-state index in [1.165, 1.54) is 7.11 Å². The first kappa shape index (κ1) is 10.4. The Morgan fingerprint density at radius 3 is 2.71 bits per heavy atom. The molecule has 0 saturated carbocycles. The summed E-state index contributed by atoms with van der Waals surface area (Å²) in [4.78, 5) is 13.9. The number of carbonyl (C=O) groups excluding carboxylic acids is 1. The fourth-order valence-corrected chi connectivity index (χ4v) is 0.935. The quantitative estimate of drug-likeness (QED) is 0.753. The van der Waals surface area contributed by atoms with Crippen LogP contribution >= 0.6 is 0 Å². The summed E-state index contributed by atoms with van der Waals surface area (Å²) >= 11 is 0. The van der Waals surface area contributed by atoms with Gasteiger partial charge in [-0.05, 0) is 6.07 Å². The van der Waals surface area contributed by atoms with Gasteiger partial charge in [-0.1, -0.05) is 0 Å². The van der Waals surface area contributed by atoms with Crippen molar-refractivity contribution in [3.8, 4) is 5.88 Å². The Kier molecular flexibility index (Phi) is 2.95. The lowest BCUT2D eigenvalue weighted by atomic mass is 10.2. The number of methoxy groups -OCH3 is 1. The van der Waals surface area contributed by atoms with Gasteiger partial charge in [0, 0.05) is 5.56 Å². The summed E-state index contributed by atoms with van der Waals surface area (Å²) < 4.78 is 29.2. The SMILES string of the molecule is COc1nc(C(F)F)cc(C=O)c1N. The van der Waals surface area contributed by atoms with Crippen LogP contribution in [0.2, 0.25) is 0 Å². The summed E-state index contributed by atoms with van der Waals surface area (Å²) in [6, 6.07) is 0.940. The molecule has 0 aliphatic rings. The number of anilines is 1. The third-order valence-corrected chi connectivity index (χ3v) is 1.62. The number of rotatable bonds is 3. The highest BCUT2D eigenvalue weighted by Crippen LogP contribution is 2.27. The van der Waals surface area contributed by atoms with E-state index >= 15 is 0 Å². The number of pyridine rings is 1. The first-order chi connectivity index (χ1) is 6.60. The molecule has 1 aromatic heterocycles. The van der Waals surface area contributed by atoms with Crippen LogP contribution in [0, 0.1) is 0 Å². The Hall–Kier alpha value is -1.72. The predicted octanol–water partition coefficient (Wildman–Crippen LogP) is 1.42. The summed E-state index contributed by atoms with van der Waals surface area (Å²) in [6.07, 6.45) is -2.38. The van der Waals surface area contributed by atoms with Crippen LogP contribution in [-0.4, -0.2) is 18.4 Å². The highest BCUT2D eigenvalue weighted by Gasteiger charge is 2.15. The molecular weight excluding hydrogens is 194 g/mol. The van der Waals surface area contributed by atoms with Gasteiger partial charge in [-0.2, -0.15) is 0 Å². The summed E-state index contributed by atoms with van der Waals surface area (Å²) in [7, 11) is 1.24. The number of nitrogen functional groups attached to an aromatic ring is 1. The van der Waals surface area contributed by atoms with Gasteiger partial charge in [0.25, 0.3) is 6.43 Å². The molecule has 0 amide bonds. The van der Waals surface area contributed by atoms with Gasteiger partial charge in [0.05, 0.1) is 7.11 Å². The van der Waals surface area contributed by atoms with Crippen LogP contribution in [0.1, 0.15) is 22.5 Å². The van der Waals surface area contributed by atoms with Crippen LogP contribution in [0.4, 0.5) is 14.5 Å². The molecule has 14 heavy (non-hydrogen) atoms. The average molecular weight is 202 g/mol. The molecule has 0 saturated heterocycles. The number of nitrogens with zero attached hydrogens (tertiary/aromatic N) is 1. The second-order valence-electron chi connectivity index (χ2n) is 2.48. The van der Waals surface area contributed by atoms with E-state index in [0.717, 1.165) is 6.07 Å². The molecule has 0 aliphatic heterocycles. The lowest BCUT2D eigenvalue weighted by Gasteiger charge is -2.07. The van der Waals surface area contributed by atoms with E-state index in [9.17, 15) is 13.6 Å². The van der Waals surface area contributed by atoms with E-state index in [-0.39, 0.29) is 17.1 Å². The van der Waals surface area contributed by atoms with E-state index in [1.807, 2.05) is 0 Å². The number of halogens is 2. The number of hydrogen-bond donors (Lipinski definition) is 1. The lowest BCUT2D eigenvalue weighted by Crippen LogP contribution is -2.03. The van der Waals surface area contributed by atoms with Crippen LogP contribution in [0.5, 0.6) is 5.88 Å². The molecule has 0 aliphatic carbocycles. The number of hydrogen-bond acceptors (Lipinski definition) is 4. The van der Waals surface area contributed by atoms with E-state index < -0.39 is 12.1 Å². The summed E-state index contributed by atoms with van der Waals surface area (Å²) in [5, 5.41) is 0. The molecule has 1 heterocycles. The molecule has 0 aromatic carbocycles. The highest BCUT2D eigenvalue weighted by atomic mass is 19.3.